The number of nitrogens with zero attached hydrogens (tertiary/aromatic N) is 1. The van der Waals surface area contributed by atoms with Crippen molar-refractivity contribution < 1.29 is 19.1 Å². The Kier molecular flexibility index (Phi) is 8.69. The number of rotatable bonds is 8. The minimum atomic E-state index is -0.889. The minimum Gasteiger partial charge on any atom is -0.494 e. The van der Waals surface area contributed by atoms with E-state index in [4.69, 9.17) is 32.7 Å². The lowest BCUT2D eigenvalue weighted by Gasteiger charge is -2.08. The number of anilines is 1. The van der Waals surface area contributed by atoms with Gasteiger partial charge < -0.3 is 14.8 Å². The fraction of sp³-hybridized carbons (Fsp3) is 0.125. The first kappa shape index (κ1) is 24.1. The molecule has 0 saturated carbocycles. The standard InChI is InChI=1S/C24H21Cl2N3O4/c1-2-32-20-11-7-19(8-12-20)28-23(30)24(31)29-27-14-16-3-9-21(10-4-16)33-15-17-5-6-18(25)13-22(17)26/h3-14H,2,15H2,1H3,(H,28,30)(H,29,31)/b27-14+. The monoisotopic (exact) mass is 485 g/mol. The first-order valence-electron chi connectivity index (χ1n) is 9.98. The first-order chi connectivity index (χ1) is 15.9. The molecule has 33 heavy (non-hydrogen) atoms. The van der Waals surface area contributed by atoms with Crippen molar-refractivity contribution in [1.29, 1.82) is 0 Å². The maximum Gasteiger partial charge on any atom is 0.329 e. The third-order valence-corrected chi connectivity index (χ3v) is 4.89. The molecule has 3 aromatic carbocycles. The molecular formula is C24H21Cl2N3O4. The number of carbonyl (C=O) groups excluding carboxylic acids is 2. The second kappa shape index (κ2) is 11.9. The molecule has 2 N–H and O–H groups in total. The molecule has 3 aromatic rings. The van der Waals surface area contributed by atoms with Gasteiger partial charge in [0, 0.05) is 21.3 Å². The van der Waals surface area contributed by atoms with Gasteiger partial charge in [0.25, 0.3) is 0 Å². The van der Waals surface area contributed by atoms with Crippen LogP contribution in [0.2, 0.25) is 10.0 Å². The molecule has 0 spiro atoms. The Balaban J connectivity index is 1.46. The highest BCUT2D eigenvalue weighted by molar-refractivity contribution is 6.39. The molecule has 2 amide bonds. The van der Waals surface area contributed by atoms with E-state index in [0.29, 0.717) is 46.0 Å². The van der Waals surface area contributed by atoms with Crippen molar-refractivity contribution in [1.82, 2.24) is 5.43 Å². The largest absolute Gasteiger partial charge is 0.494 e. The summed E-state index contributed by atoms with van der Waals surface area (Å²) >= 11 is 12.0. The number of carbonyl (C=O) groups is 2. The van der Waals surface area contributed by atoms with Gasteiger partial charge in [0.2, 0.25) is 0 Å². The Bertz CT molecular complexity index is 1130. The Morgan fingerprint density at radius 2 is 1.58 bits per heavy atom. The Morgan fingerprint density at radius 1 is 0.909 bits per heavy atom. The van der Waals surface area contributed by atoms with Crippen molar-refractivity contribution in [3.8, 4) is 11.5 Å². The maximum atomic E-state index is 12.0. The van der Waals surface area contributed by atoms with Crippen LogP contribution in [-0.4, -0.2) is 24.6 Å². The molecule has 0 aliphatic carbocycles. The zero-order chi connectivity index (χ0) is 23.6. The summed E-state index contributed by atoms with van der Waals surface area (Å²) in [7, 11) is 0. The zero-order valence-electron chi connectivity index (χ0n) is 17.7. The molecule has 0 atom stereocenters. The van der Waals surface area contributed by atoms with Gasteiger partial charge in [-0.2, -0.15) is 5.10 Å². The summed E-state index contributed by atoms with van der Waals surface area (Å²) in [6.07, 6.45) is 1.42. The normalized spacial score (nSPS) is 10.6. The van der Waals surface area contributed by atoms with E-state index in [1.54, 1.807) is 66.7 Å². The fourth-order valence-corrected chi connectivity index (χ4v) is 3.12. The molecule has 0 heterocycles. The van der Waals surface area contributed by atoms with E-state index in [-0.39, 0.29) is 0 Å². The highest BCUT2D eigenvalue weighted by Gasteiger charge is 2.12. The van der Waals surface area contributed by atoms with Gasteiger partial charge in [-0.3, -0.25) is 9.59 Å². The summed E-state index contributed by atoms with van der Waals surface area (Å²) in [6.45, 7) is 2.71. The number of hydrazone groups is 1. The zero-order valence-corrected chi connectivity index (χ0v) is 19.2. The Morgan fingerprint density at radius 3 is 2.24 bits per heavy atom. The molecule has 0 bridgehead atoms. The number of nitrogens with one attached hydrogen (secondary N) is 2. The topological polar surface area (TPSA) is 89.0 Å². The summed E-state index contributed by atoms with van der Waals surface area (Å²) in [5.41, 5.74) is 4.19. The number of hydrogen-bond acceptors (Lipinski definition) is 5. The SMILES string of the molecule is CCOc1ccc(NC(=O)C(=O)N/N=C/c2ccc(OCc3ccc(Cl)cc3Cl)cc2)cc1. The van der Waals surface area contributed by atoms with E-state index in [0.717, 1.165) is 5.56 Å². The van der Waals surface area contributed by atoms with Crippen LogP contribution in [0.15, 0.2) is 71.8 Å². The highest BCUT2D eigenvalue weighted by atomic mass is 35.5. The van der Waals surface area contributed by atoms with Gasteiger partial charge in [-0.25, -0.2) is 5.43 Å². The van der Waals surface area contributed by atoms with E-state index in [9.17, 15) is 9.59 Å². The summed E-state index contributed by atoms with van der Waals surface area (Å²) in [5, 5.41) is 7.40. The van der Waals surface area contributed by atoms with Crippen LogP contribution in [0.25, 0.3) is 0 Å². The van der Waals surface area contributed by atoms with Crippen molar-refractivity contribution >= 4 is 46.9 Å². The molecule has 7 nitrogen and oxygen atoms in total. The lowest BCUT2D eigenvalue weighted by molar-refractivity contribution is -0.136. The summed E-state index contributed by atoms with van der Waals surface area (Å²) in [6, 6.07) is 18.9. The molecule has 3 rings (SSSR count). The van der Waals surface area contributed by atoms with E-state index >= 15 is 0 Å². The van der Waals surface area contributed by atoms with Gasteiger partial charge in [0.1, 0.15) is 18.1 Å². The van der Waals surface area contributed by atoms with E-state index in [1.807, 2.05) is 6.92 Å². The molecule has 0 radical (unpaired) electrons. The van der Waals surface area contributed by atoms with Crippen molar-refractivity contribution in [2.75, 3.05) is 11.9 Å². The van der Waals surface area contributed by atoms with Crippen LogP contribution in [0.4, 0.5) is 5.69 Å². The Labute approximate surface area is 201 Å². The van der Waals surface area contributed by atoms with Crippen molar-refractivity contribution in [3.05, 3.63) is 87.9 Å². The lowest BCUT2D eigenvalue weighted by Crippen LogP contribution is -2.32. The molecule has 0 unspecified atom stereocenters. The number of ether oxygens (including phenoxy) is 2. The van der Waals surface area contributed by atoms with Gasteiger partial charge in [-0.1, -0.05) is 29.3 Å². The molecule has 9 heteroatoms. The predicted octanol–water partition coefficient (Wildman–Crippen LogP) is 5.06. The molecule has 170 valence electrons. The van der Waals surface area contributed by atoms with Crippen LogP contribution in [0.1, 0.15) is 18.1 Å². The van der Waals surface area contributed by atoms with E-state index in [1.165, 1.54) is 6.21 Å². The molecule has 0 aromatic heterocycles. The quantitative estimate of drug-likeness (QED) is 0.265. The average molecular weight is 486 g/mol. The second-order valence-electron chi connectivity index (χ2n) is 6.70. The van der Waals surface area contributed by atoms with Crippen LogP contribution < -0.4 is 20.2 Å². The van der Waals surface area contributed by atoms with Crippen molar-refractivity contribution in [2.45, 2.75) is 13.5 Å². The fourth-order valence-electron chi connectivity index (χ4n) is 2.66. The molecule has 0 aliphatic heterocycles. The molecule has 0 saturated heterocycles. The van der Waals surface area contributed by atoms with Crippen LogP contribution in [0.3, 0.4) is 0 Å². The smallest absolute Gasteiger partial charge is 0.329 e. The molecular weight excluding hydrogens is 465 g/mol. The number of hydrogen-bond donors (Lipinski definition) is 2. The third kappa shape index (κ3) is 7.52. The molecule has 0 aliphatic rings. The summed E-state index contributed by atoms with van der Waals surface area (Å²) in [5.74, 6) is -0.410. The second-order valence-corrected chi connectivity index (χ2v) is 7.55. The van der Waals surface area contributed by atoms with Crippen molar-refractivity contribution in [3.63, 3.8) is 0 Å². The Hall–Kier alpha value is -3.55. The van der Waals surface area contributed by atoms with Gasteiger partial charge in [-0.05, 0) is 73.2 Å². The molecule has 0 fully saturated rings. The van der Waals surface area contributed by atoms with Crippen LogP contribution in [0.5, 0.6) is 11.5 Å². The lowest BCUT2D eigenvalue weighted by atomic mass is 10.2. The van der Waals surface area contributed by atoms with Gasteiger partial charge in [0.15, 0.2) is 0 Å². The van der Waals surface area contributed by atoms with E-state index < -0.39 is 11.8 Å². The summed E-state index contributed by atoms with van der Waals surface area (Å²) in [4.78, 5) is 23.9. The maximum absolute atomic E-state index is 12.0. The van der Waals surface area contributed by atoms with Gasteiger partial charge >= 0.3 is 11.8 Å². The number of benzene rings is 3. The number of amides is 2. The van der Waals surface area contributed by atoms with E-state index in [2.05, 4.69) is 15.8 Å². The van der Waals surface area contributed by atoms with Crippen LogP contribution in [-0.2, 0) is 16.2 Å². The van der Waals surface area contributed by atoms with Crippen LogP contribution in [0, 0.1) is 0 Å². The van der Waals surface area contributed by atoms with Crippen LogP contribution >= 0.6 is 23.2 Å². The number of halogens is 2. The summed E-state index contributed by atoms with van der Waals surface area (Å²) < 4.78 is 11.0. The third-order valence-electron chi connectivity index (χ3n) is 4.30. The van der Waals surface area contributed by atoms with Gasteiger partial charge in [0.05, 0.1) is 12.8 Å². The highest BCUT2D eigenvalue weighted by Crippen LogP contribution is 2.23. The average Bonchev–Trinajstić information content (AvgIpc) is 2.81. The first-order valence-corrected chi connectivity index (χ1v) is 10.7. The minimum absolute atomic E-state index is 0.295. The predicted molar refractivity (Wildman–Crippen MR) is 129 cm³/mol. The van der Waals surface area contributed by atoms with Gasteiger partial charge in [-0.15, -0.1) is 0 Å². The van der Waals surface area contributed by atoms with Crippen molar-refractivity contribution in [2.24, 2.45) is 5.10 Å².